The van der Waals surface area contributed by atoms with Gasteiger partial charge in [0.15, 0.2) is 0 Å². The fourth-order valence-electron chi connectivity index (χ4n) is 3.22. The first kappa shape index (κ1) is 21.9. The highest BCUT2D eigenvalue weighted by Gasteiger charge is 2.33. The van der Waals surface area contributed by atoms with E-state index in [1.54, 1.807) is 12.1 Å². The Kier molecular flexibility index (Phi) is 6.52. The Morgan fingerprint density at radius 3 is 2.23 bits per heavy atom. The first-order valence-corrected chi connectivity index (χ1v) is 9.55. The van der Waals surface area contributed by atoms with Gasteiger partial charge in [-0.05, 0) is 42.5 Å². The summed E-state index contributed by atoms with van der Waals surface area (Å²) >= 11 is 5.59. The molecule has 2 aromatic carbocycles. The van der Waals surface area contributed by atoms with Gasteiger partial charge in [-0.3, -0.25) is 14.5 Å². The molecule has 0 spiro atoms. The van der Waals surface area contributed by atoms with Gasteiger partial charge >= 0.3 is 6.18 Å². The van der Waals surface area contributed by atoms with Gasteiger partial charge in [-0.1, -0.05) is 11.6 Å². The Hall–Kier alpha value is -2.78. The van der Waals surface area contributed by atoms with Crippen molar-refractivity contribution in [1.29, 1.82) is 0 Å². The highest BCUT2D eigenvalue weighted by atomic mass is 35.5. The molecule has 1 aliphatic rings. The summed E-state index contributed by atoms with van der Waals surface area (Å²) in [5.41, 5.74) is 5.68. The molecule has 0 aromatic heterocycles. The van der Waals surface area contributed by atoms with Crippen molar-refractivity contribution in [3.05, 3.63) is 58.6 Å². The van der Waals surface area contributed by atoms with Crippen LogP contribution in [0.2, 0.25) is 5.02 Å². The number of hydrogen-bond acceptors (Lipinski definition) is 4. The van der Waals surface area contributed by atoms with E-state index in [0.29, 0.717) is 31.7 Å². The van der Waals surface area contributed by atoms with Crippen LogP contribution >= 0.6 is 11.6 Å². The highest BCUT2D eigenvalue weighted by molar-refractivity contribution is 6.31. The minimum absolute atomic E-state index is 0.0462. The molecular formula is C20H20ClF3N4O2. The van der Waals surface area contributed by atoms with Gasteiger partial charge in [0.25, 0.3) is 0 Å². The SMILES string of the molecule is NC(=O)c1ccc(N2CCN(CC(=O)Nc3ccc(Cl)c(C(F)(F)F)c3)CC2)cc1. The van der Waals surface area contributed by atoms with Crippen LogP contribution in [0.25, 0.3) is 0 Å². The number of hydrogen-bond donors (Lipinski definition) is 2. The number of piperazine rings is 1. The maximum atomic E-state index is 12.9. The highest BCUT2D eigenvalue weighted by Crippen LogP contribution is 2.36. The summed E-state index contributed by atoms with van der Waals surface area (Å²) in [5.74, 6) is -0.884. The molecule has 0 unspecified atom stereocenters. The van der Waals surface area contributed by atoms with Gasteiger partial charge in [0, 0.05) is 43.1 Å². The Morgan fingerprint density at radius 2 is 1.67 bits per heavy atom. The molecule has 0 radical (unpaired) electrons. The summed E-state index contributed by atoms with van der Waals surface area (Å²) in [6.45, 7) is 2.63. The maximum absolute atomic E-state index is 12.9. The molecule has 0 aliphatic carbocycles. The molecule has 10 heteroatoms. The number of carbonyl (C=O) groups is 2. The van der Waals surface area contributed by atoms with Crippen LogP contribution in [-0.4, -0.2) is 49.4 Å². The van der Waals surface area contributed by atoms with Gasteiger partial charge in [-0.25, -0.2) is 0 Å². The molecule has 1 heterocycles. The first-order chi connectivity index (χ1) is 14.1. The topological polar surface area (TPSA) is 78.7 Å². The number of primary amides is 1. The summed E-state index contributed by atoms with van der Waals surface area (Å²) in [6.07, 6.45) is -4.59. The van der Waals surface area contributed by atoms with Gasteiger partial charge in [0.05, 0.1) is 17.1 Å². The molecule has 3 N–H and O–H groups in total. The van der Waals surface area contributed by atoms with Crippen molar-refractivity contribution in [2.75, 3.05) is 42.9 Å². The lowest BCUT2D eigenvalue weighted by Crippen LogP contribution is -2.48. The van der Waals surface area contributed by atoms with E-state index in [1.807, 2.05) is 17.0 Å². The monoisotopic (exact) mass is 440 g/mol. The van der Waals surface area contributed by atoms with Crippen molar-refractivity contribution in [3.8, 4) is 0 Å². The van der Waals surface area contributed by atoms with E-state index < -0.39 is 28.6 Å². The van der Waals surface area contributed by atoms with E-state index >= 15 is 0 Å². The summed E-state index contributed by atoms with van der Waals surface area (Å²) in [4.78, 5) is 27.4. The normalized spacial score (nSPS) is 15.1. The van der Waals surface area contributed by atoms with Crippen molar-refractivity contribution in [3.63, 3.8) is 0 Å². The van der Waals surface area contributed by atoms with E-state index in [0.717, 1.165) is 17.8 Å². The molecule has 2 amide bonds. The van der Waals surface area contributed by atoms with Crippen LogP contribution in [0.1, 0.15) is 15.9 Å². The Balaban J connectivity index is 1.52. The Morgan fingerprint density at radius 1 is 1.03 bits per heavy atom. The number of nitrogens with zero attached hydrogens (tertiary/aromatic N) is 2. The van der Waals surface area contributed by atoms with E-state index in [4.69, 9.17) is 17.3 Å². The van der Waals surface area contributed by atoms with Crippen LogP contribution in [-0.2, 0) is 11.0 Å². The number of rotatable bonds is 5. The van der Waals surface area contributed by atoms with Crippen LogP contribution in [0.3, 0.4) is 0 Å². The second kappa shape index (κ2) is 8.93. The van der Waals surface area contributed by atoms with Crippen LogP contribution in [0.15, 0.2) is 42.5 Å². The van der Waals surface area contributed by atoms with Crippen LogP contribution in [0.4, 0.5) is 24.5 Å². The number of benzene rings is 2. The molecule has 1 aliphatic heterocycles. The molecule has 2 aromatic rings. The summed E-state index contributed by atoms with van der Waals surface area (Å²) < 4.78 is 38.8. The van der Waals surface area contributed by atoms with Gasteiger partial charge in [-0.15, -0.1) is 0 Å². The summed E-state index contributed by atoms with van der Waals surface area (Å²) in [6, 6.07) is 10.2. The fraction of sp³-hybridized carbons (Fsp3) is 0.300. The molecule has 0 bridgehead atoms. The van der Waals surface area contributed by atoms with Gasteiger partial charge in [0.2, 0.25) is 11.8 Å². The molecule has 30 heavy (non-hydrogen) atoms. The van der Waals surface area contributed by atoms with E-state index in [-0.39, 0.29) is 12.2 Å². The summed E-state index contributed by atoms with van der Waals surface area (Å²) in [7, 11) is 0. The molecule has 160 valence electrons. The van der Waals surface area contributed by atoms with Gasteiger partial charge in [-0.2, -0.15) is 13.2 Å². The predicted molar refractivity (Wildman–Crippen MR) is 109 cm³/mol. The number of halogens is 4. The number of amides is 2. The molecule has 0 saturated carbocycles. The number of carbonyl (C=O) groups excluding carboxylic acids is 2. The lowest BCUT2D eigenvalue weighted by Gasteiger charge is -2.35. The zero-order chi connectivity index (χ0) is 21.9. The minimum atomic E-state index is -4.59. The van der Waals surface area contributed by atoms with Gasteiger partial charge in [0.1, 0.15) is 0 Å². The van der Waals surface area contributed by atoms with Crippen molar-refractivity contribution in [2.45, 2.75) is 6.18 Å². The number of nitrogens with two attached hydrogens (primary N) is 1. The lowest BCUT2D eigenvalue weighted by molar-refractivity contribution is -0.137. The smallest absolute Gasteiger partial charge is 0.369 e. The third-order valence-electron chi connectivity index (χ3n) is 4.81. The lowest BCUT2D eigenvalue weighted by atomic mass is 10.1. The van der Waals surface area contributed by atoms with Crippen LogP contribution < -0.4 is 16.0 Å². The van der Waals surface area contributed by atoms with E-state index in [2.05, 4.69) is 10.2 Å². The van der Waals surface area contributed by atoms with Crippen molar-refractivity contribution >= 4 is 34.8 Å². The number of nitrogens with one attached hydrogen (secondary N) is 1. The third kappa shape index (κ3) is 5.43. The standard InChI is InChI=1S/C20H20ClF3N4O2/c21-17-6-3-14(11-16(17)20(22,23)24)26-18(29)12-27-7-9-28(10-8-27)15-4-1-13(2-5-15)19(25)30/h1-6,11H,7-10,12H2,(H2,25,30)(H,26,29). The molecule has 0 atom stereocenters. The average molecular weight is 441 g/mol. The molecule has 6 nitrogen and oxygen atoms in total. The molecule has 1 fully saturated rings. The Bertz CT molecular complexity index is 927. The predicted octanol–water partition coefficient (Wildman–Crippen LogP) is 3.22. The minimum Gasteiger partial charge on any atom is -0.369 e. The van der Waals surface area contributed by atoms with Crippen LogP contribution in [0, 0.1) is 0 Å². The summed E-state index contributed by atoms with van der Waals surface area (Å²) in [5, 5.41) is 2.08. The van der Waals surface area contributed by atoms with Crippen molar-refractivity contribution in [1.82, 2.24) is 4.90 Å². The van der Waals surface area contributed by atoms with E-state index in [9.17, 15) is 22.8 Å². The molecular weight excluding hydrogens is 421 g/mol. The first-order valence-electron chi connectivity index (χ1n) is 9.17. The zero-order valence-electron chi connectivity index (χ0n) is 15.9. The van der Waals surface area contributed by atoms with E-state index in [1.165, 1.54) is 6.07 Å². The van der Waals surface area contributed by atoms with Gasteiger partial charge < -0.3 is 16.0 Å². The maximum Gasteiger partial charge on any atom is 0.417 e. The number of alkyl halides is 3. The largest absolute Gasteiger partial charge is 0.417 e. The second-order valence-electron chi connectivity index (χ2n) is 6.91. The molecule has 1 saturated heterocycles. The number of anilines is 2. The second-order valence-corrected chi connectivity index (χ2v) is 7.32. The fourth-order valence-corrected chi connectivity index (χ4v) is 3.45. The third-order valence-corrected chi connectivity index (χ3v) is 5.14. The zero-order valence-corrected chi connectivity index (χ0v) is 16.6. The Labute approximate surface area is 176 Å². The van der Waals surface area contributed by atoms with Crippen molar-refractivity contribution < 1.29 is 22.8 Å². The van der Waals surface area contributed by atoms with Crippen molar-refractivity contribution in [2.24, 2.45) is 5.73 Å². The average Bonchev–Trinajstić information content (AvgIpc) is 2.69. The molecule has 3 rings (SSSR count). The van der Waals surface area contributed by atoms with Crippen LogP contribution in [0.5, 0.6) is 0 Å². The quantitative estimate of drug-likeness (QED) is 0.748.